The number of benzene rings is 3. The number of hydrogen-bond acceptors (Lipinski definition) is 10. The van der Waals surface area contributed by atoms with Crippen LogP contribution in [0.15, 0.2) is 72.9 Å². The zero-order valence-corrected chi connectivity index (χ0v) is 25.3. The molecule has 15 heteroatoms. The molecule has 1 aromatic heterocycles. The molecular formula is C32H30F3N5O7. The molecule has 0 spiro atoms. The maximum atomic E-state index is 14.1. The van der Waals surface area contributed by atoms with Gasteiger partial charge in [0.1, 0.15) is 11.9 Å². The summed E-state index contributed by atoms with van der Waals surface area (Å²) >= 11 is 0. The molecule has 2 atom stereocenters. The Morgan fingerprint density at radius 2 is 1.64 bits per heavy atom. The third-order valence-electron chi connectivity index (χ3n) is 6.84. The molecule has 0 saturated carbocycles. The number of aromatic nitrogens is 1. The predicted molar refractivity (Wildman–Crippen MR) is 165 cm³/mol. The molecule has 4 aromatic rings. The van der Waals surface area contributed by atoms with Gasteiger partial charge in [-0.2, -0.15) is 13.2 Å². The number of ether oxygens (including phenoxy) is 3. The average Bonchev–Trinajstić information content (AvgIpc) is 3.02. The number of carbonyl (C=O) groups is 4. The first-order valence-electron chi connectivity index (χ1n) is 13.9. The van der Waals surface area contributed by atoms with Crippen molar-refractivity contribution in [1.29, 1.82) is 0 Å². The topological polar surface area (TPSA) is 171 Å². The number of methoxy groups -OCH3 is 2. The Hall–Kier alpha value is -5.86. The van der Waals surface area contributed by atoms with Gasteiger partial charge in [-0.3, -0.25) is 14.4 Å². The van der Waals surface area contributed by atoms with Gasteiger partial charge in [-0.05, 0) is 65.0 Å². The van der Waals surface area contributed by atoms with Crippen LogP contribution in [0.5, 0.6) is 11.5 Å². The number of pyridine rings is 1. The largest absolute Gasteiger partial charge is 0.493 e. The van der Waals surface area contributed by atoms with Gasteiger partial charge in [0.2, 0.25) is 11.8 Å². The highest BCUT2D eigenvalue weighted by Crippen LogP contribution is 2.33. The van der Waals surface area contributed by atoms with Gasteiger partial charge in [0, 0.05) is 29.9 Å². The summed E-state index contributed by atoms with van der Waals surface area (Å²) in [6.07, 6.45) is -4.75. The number of hydrogen-bond donors (Lipinski definition) is 4. The molecule has 5 N–H and O–H groups in total. The van der Waals surface area contributed by atoms with Crippen LogP contribution in [0.25, 0.3) is 10.8 Å². The number of alkyl halides is 3. The zero-order chi connectivity index (χ0) is 34.3. The van der Waals surface area contributed by atoms with E-state index in [4.69, 9.17) is 15.2 Å². The summed E-state index contributed by atoms with van der Waals surface area (Å²) in [6.45, 7) is 1.27. The van der Waals surface area contributed by atoms with Crippen LogP contribution in [-0.4, -0.2) is 49.1 Å². The van der Waals surface area contributed by atoms with Gasteiger partial charge in [0.15, 0.2) is 11.5 Å². The molecule has 0 saturated heterocycles. The van der Waals surface area contributed by atoms with E-state index in [-0.39, 0.29) is 11.3 Å². The van der Waals surface area contributed by atoms with Gasteiger partial charge in [-0.25, -0.2) is 9.78 Å². The lowest BCUT2D eigenvalue weighted by atomic mass is 10.00. The molecule has 2 amide bonds. The van der Waals surface area contributed by atoms with E-state index >= 15 is 0 Å². The highest BCUT2D eigenvalue weighted by Gasteiger charge is 2.42. The van der Waals surface area contributed by atoms with Crippen molar-refractivity contribution in [3.8, 4) is 11.5 Å². The lowest BCUT2D eigenvalue weighted by Crippen LogP contribution is -2.38. The Morgan fingerprint density at radius 1 is 0.894 bits per heavy atom. The van der Waals surface area contributed by atoms with Gasteiger partial charge < -0.3 is 35.9 Å². The molecule has 1 unspecified atom stereocenters. The first-order chi connectivity index (χ1) is 22.3. The Balaban J connectivity index is 1.73. The van der Waals surface area contributed by atoms with E-state index < -0.39 is 48.4 Å². The van der Waals surface area contributed by atoms with Crippen molar-refractivity contribution in [2.75, 3.05) is 30.6 Å². The van der Waals surface area contributed by atoms with Gasteiger partial charge in [-0.1, -0.05) is 18.2 Å². The van der Waals surface area contributed by atoms with Crippen molar-refractivity contribution in [3.63, 3.8) is 0 Å². The second-order valence-corrected chi connectivity index (χ2v) is 10.2. The molecule has 3 aromatic carbocycles. The number of nitrogens with one attached hydrogen (secondary N) is 3. The van der Waals surface area contributed by atoms with Crippen LogP contribution >= 0.6 is 0 Å². The normalized spacial score (nSPS) is 12.4. The molecular weight excluding hydrogens is 623 g/mol. The standard InChI is InChI=1S/C32H30F3N5O7/c1-17(41)38-21-6-4-5-19(14-21)24(16-27(42)47-31(44)32(33,34)35)40-30(43)28(20-7-10-25(45-2)26(15-20)46-3)39-22-8-9-23-18(13-22)11-12-37-29(23)36/h4-15,24,28,39H,16H2,1-3H3,(H2,36,37)(H,38,41)(H,40,43)/t24-,28?/m1/s1. The van der Waals surface area contributed by atoms with Crippen molar-refractivity contribution < 1.29 is 46.6 Å². The van der Waals surface area contributed by atoms with Gasteiger partial charge in [-0.15, -0.1) is 0 Å². The highest BCUT2D eigenvalue weighted by molar-refractivity contribution is 5.94. The van der Waals surface area contributed by atoms with Crippen LogP contribution in [0.3, 0.4) is 0 Å². The van der Waals surface area contributed by atoms with Crippen molar-refractivity contribution in [1.82, 2.24) is 10.3 Å². The maximum absolute atomic E-state index is 14.1. The summed E-state index contributed by atoms with van der Waals surface area (Å²) in [4.78, 5) is 53.7. The highest BCUT2D eigenvalue weighted by atomic mass is 19.4. The smallest absolute Gasteiger partial charge is 0.491 e. The number of carbonyl (C=O) groups excluding carboxylic acids is 4. The number of nitrogens with two attached hydrogens (primary N) is 1. The number of halogens is 3. The van der Waals surface area contributed by atoms with Crippen molar-refractivity contribution >= 4 is 51.7 Å². The molecule has 0 aliphatic heterocycles. The number of fused-ring (bicyclic) bond motifs is 1. The molecule has 0 aliphatic rings. The summed E-state index contributed by atoms with van der Waals surface area (Å²) in [5, 5.41) is 9.79. The summed E-state index contributed by atoms with van der Waals surface area (Å²) in [5.74, 6) is -4.39. The van der Waals surface area contributed by atoms with Crippen LogP contribution in [0.2, 0.25) is 0 Å². The predicted octanol–water partition coefficient (Wildman–Crippen LogP) is 4.83. The van der Waals surface area contributed by atoms with Crippen molar-refractivity contribution in [3.05, 3.63) is 84.1 Å². The second kappa shape index (κ2) is 14.5. The Labute approximate surface area is 266 Å². The molecule has 0 fully saturated rings. The first kappa shape index (κ1) is 34.0. The summed E-state index contributed by atoms with van der Waals surface area (Å²) in [6, 6.07) is 15.1. The van der Waals surface area contributed by atoms with Crippen LogP contribution in [0, 0.1) is 0 Å². The minimum absolute atomic E-state index is 0.223. The van der Waals surface area contributed by atoms with E-state index in [2.05, 4.69) is 25.7 Å². The van der Waals surface area contributed by atoms with Crippen molar-refractivity contribution in [2.24, 2.45) is 0 Å². The maximum Gasteiger partial charge on any atom is 0.491 e. The van der Waals surface area contributed by atoms with Gasteiger partial charge >= 0.3 is 18.1 Å². The second-order valence-electron chi connectivity index (χ2n) is 10.2. The molecule has 1 heterocycles. The summed E-state index contributed by atoms with van der Waals surface area (Å²) in [5.41, 5.74) is 7.36. The Bertz CT molecular complexity index is 1820. The third kappa shape index (κ3) is 8.65. The molecule has 47 heavy (non-hydrogen) atoms. The lowest BCUT2D eigenvalue weighted by molar-refractivity contribution is -0.202. The van der Waals surface area contributed by atoms with Gasteiger partial charge in [0.05, 0.1) is 26.7 Å². The summed E-state index contributed by atoms with van der Waals surface area (Å²) < 4.78 is 53.2. The number of rotatable bonds is 11. The van der Waals surface area contributed by atoms with E-state index in [1.165, 1.54) is 51.6 Å². The monoisotopic (exact) mass is 653 g/mol. The average molecular weight is 654 g/mol. The first-order valence-corrected chi connectivity index (χ1v) is 13.9. The SMILES string of the molecule is COc1ccc(C(Nc2ccc3c(N)nccc3c2)C(=O)N[C@H](CC(=O)OC(=O)C(F)(F)F)c2cccc(NC(C)=O)c2)cc1OC. The van der Waals surface area contributed by atoms with Gasteiger partial charge in [0.25, 0.3) is 0 Å². The molecule has 4 rings (SSSR count). The Morgan fingerprint density at radius 3 is 2.32 bits per heavy atom. The fourth-order valence-electron chi connectivity index (χ4n) is 4.70. The van der Waals surface area contributed by atoms with Crippen LogP contribution in [0.4, 0.5) is 30.4 Å². The minimum Gasteiger partial charge on any atom is -0.493 e. The van der Waals surface area contributed by atoms with E-state index in [1.807, 2.05) is 0 Å². The lowest BCUT2D eigenvalue weighted by Gasteiger charge is -2.25. The number of nitrogen functional groups attached to an aromatic ring is 1. The van der Waals surface area contributed by atoms with Crippen LogP contribution < -0.4 is 31.2 Å². The minimum atomic E-state index is -5.41. The summed E-state index contributed by atoms with van der Waals surface area (Å²) in [7, 11) is 2.86. The van der Waals surface area contributed by atoms with Crippen LogP contribution in [0.1, 0.15) is 36.6 Å². The molecule has 12 nitrogen and oxygen atoms in total. The number of nitrogens with zero attached hydrogens (tertiary/aromatic N) is 1. The van der Waals surface area contributed by atoms with E-state index in [9.17, 15) is 32.3 Å². The molecule has 0 bridgehead atoms. The third-order valence-corrected chi connectivity index (χ3v) is 6.84. The molecule has 0 radical (unpaired) electrons. The van der Waals surface area contributed by atoms with E-state index in [0.29, 0.717) is 34.0 Å². The fourth-order valence-corrected chi connectivity index (χ4v) is 4.70. The van der Waals surface area contributed by atoms with E-state index in [0.717, 1.165) is 5.39 Å². The van der Waals surface area contributed by atoms with Crippen LogP contribution in [-0.2, 0) is 23.9 Å². The van der Waals surface area contributed by atoms with E-state index in [1.54, 1.807) is 42.5 Å². The number of esters is 2. The zero-order valence-electron chi connectivity index (χ0n) is 25.3. The quantitative estimate of drug-likeness (QED) is 0.130. The number of amides is 2. The van der Waals surface area contributed by atoms with Crippen molar-refractivity contribution in [2.45, 2.75) is 31.6 Å². The fraction of sp³-hybridized carbons (Fsp3) is 0.219. The molecule has 0 aliphatic carbocycles. The Kier molecular flexibility index (Phi) is 10.5. The number of anilines is 3. The molecule has 246 valence electrons.